The van der Waals surface area contributed by atoms with Crippen LogP contribution in [0.3, 0.4) is 0 Å². The molecule has 0 fully saturated rings. The van der Waals surface area contributed by atoms with Crippen molar-refractivity contribution in [2.45, 2.75) is 101 Å². The standard InChI is InChI=1S/C43H54N3O6/c1-29(23-30-9-3-2-4-10-30)32-11-5-6-15-37(48)36(14-7-12-32)38(49)18-16-31-17-19-39(50)41(24-31)52-42(40(51)28-47)26-34(25-35-13-8-21-45-35)33-20-22-46-43(44)27-33/h2-4,8-10,13,17,19-22,24,27,29,32,34,36-38,40,42,47-51H,5-6,11,14-16,18,23,25-26,28H2,1H3,(H2,44,46)/q-1/t29-,32+,34+,36+,37+,38-,40-,42-/m1/s1. The first-order chi connectivity index (χ1) is 25.2. The molecule has 2 heterocycles. The minimum Gasteiger partial charge on any atom is -0.668 e. The lowest BCUT2D eigenvalue weighted by molar-refractivity contribution is -0.00843. The van der Waals surface area contributed by atoms with E-state index in [4.69, 9.17) is 10.5 Å². The van der Waals surface area contributed by atoms with Crippen molar-refractivity contribution < 1.29 is 30.3 Å². The van der Waals surface area contributed by atoms with Crippen molar-refractivity contribution in [2.24, 2.45) is 17.8 Å². The number of hydrogen-bond acceptors (Lipinski definition) is 8. The van der Waals surface area contributed by atoms with Crippen LogP contribution in [0.1, 0.15) is 80.2 Å². The minimum atomic E-state index is -1.23. The van der Waals surface area contributed by atoms with Crippen LogP contribution >= 0.6 is 0 Å². The van der Waals surface area contributed by atoms with E-state index in [1.807, 2.05) is 24.3 Å². The summed E-state index contributed by atoms with van der Waals surface area (Å²) in [6, 6.07) is 23.0. The van der Waals surface area contributed by atoms with Crippen LogP contribution in [0, 0.1) is 29.6 Å². The molecule has 0 amide bonds. The number of aliphatic hydroxyl groups is 4. The molecule has 0 unspecified atom stereocenters. The maximum Gasteiger partial charge on any atom is 0.161 e. The predicted molar refractivity (Wildman–Crippen MR) is 203 cm³/mol. The van der Waals surface area contributed by atoms with Crippen molar-refractivity contribution >= 4 is 5.82 Å². The highest BCUT2D eigenvalue weighted by Gasteiger charge is 2.29. The monoisotopic (exact) mass is 708 g/mol. The largest absolute Gasteiger partial charge is 0.668 e. The highest BCUT2D eigenvalue weighted by molar-refractivity contribution is 5.42. The number of benzene rings is 2. The lowest BCUT2D eigenvalue weighted by atomic mass is 9.82. The fourth-order valence-electron chi connectivity index (χ4n) is 7.34. The SMILES string of the molecule is C[C@H](Cc1ccccc1)[C@@H]1C#CC[C@H]([C@H](O)CCc2ccc(O)c(O[C@H](C[C@H](Cc3ccc[n-]3)c3ccnc(N)c3)[C@H](O)CO)c2)[C@@H](O)CCCC1. The van der Waals surface area contributed by atoms with Crippen molar-refractivity contribution in [3.63, 3.8) is 0 Å². The number of phenols is 1. The summed E-state index contributed by atoms with van der Waals surface area (Å²) in [5, 5.41) is 54.1. The molecule has 52 heavy (non-hydrogen) atoms. The molecule has 8 atom stereocenters. The molecule has 0 saturated carbocycles. The van der Waals surface area contributed by atoms with Crippen molar-refractivity contribution in [1.82, 2.24) is 9.97 Å². The van der Waals surface area contributed by atoms with Crippen LogP contribution in [-0.4, -0.2) is 61.5 Å². The van der Waals surface area contributed by atoms with E-state index in [2.05, 4.69) is 53.0 Å². The average molecular weight is 709 g/mol. The van der Waals surface area contributed by atoms with Gasteiger partial charge in [-0.1, -0.05) is 74.2 Å². The van der Waals surface area contributed by atoms with Crippen molar-refractivity contribution in [3.8, 4) is 23.3 Å². The van der Waals surface area contributed by atoms with Crippen LogP contribution in [0.4, 0.5) is 5.82 Å². The number of aromatic hydroxyl groups is 1. The Morgan fingerprint density at radius 1 is 0.981 bits per heavy atom. The zero-order valence-corrected chi connectivity index (χ0v) is 30.1. The number of pyridine rings is 1. The summed E-state index contributed by atoms with van der Waals surface area (Å²) < 4.78 is 6.26. The summed E-state index contributed by atoms with van der Waals surface area (Å²) in [7, 11) is 0. The van der Waals surface area contributed by atoms with Crippen LogP contribution in [0.2, 0.25) is 0 Å². The lowest BCUT2D eigenvalue weighted by Crippen LogP contribution is -2.36. The molecule has 0 saturated heterocycles. The quantitative estimate of drug-likeness (QED) is 0.0817. The third kappa shape index (κ3) is 11.3. The van der Waals surface area contributed by atoms with Crippen molar-refractivity contribution in [3.05, 3.63) is 108 Å². The van der Waals surface area contributed by atoms with Gasteiger partial charge < -0.3 is 41.0 Å². The molecule has 1 aliphatic carbocycles. The molecule has 7 N–H and O–H groups in total. The molecular weight excluding hydrogens is 654 g/mol. The van der Waals surface area contributed by atoms with Crippen molar-refractivity contribution in [2.75, 3.05) is 12.3 Å². The highest BCUT2D eigenvalue weighted by atomic mass is 16.5. The number of ether oxygens (including phenoxy) is 1. The Kier molecular flexibility index (Phi) is 14.6. The fourth-order valence-corrected chi connectivity index (χ4v) is 7.34. The summed E-state index contributed by atoms with van der Waals surface area (Å²) in [5.41, 5.74) is 9.89. The molecule has 9 nitrogen and oxygen atoms in total. The number of anilines is 1. The Morgan fingerprint density at radius 3 is 2.54 bits per heavy atom. The van der Waals surface area contributed by atoms with E-state index >= 15 is 0 Å². The number of phenolic OH excluding ortho intramolecular Hbond substituents is 1. The first-order valence-electron chi connectivity index (χ1n) is 18.6. The van der Waals surface area contributed by atoms with Gasteiger partial charge in [-0.2, -0.15) is 11.9 Å². The predicted octanol–water partition coefficient (Wildman–Crippen LogP) is 5.58. The summed E-state index contributed by atoms with van der Waals surface area (Å²) >= 11 is 0. The van der Waals surface area contributed by atoms with E-state index in [0.717, 1.165) is 42.5 Å². The van der Waals surface area contributed by atoms with Gasteiger partial charge in [-0.15, -0.1) is 5.92 Å². The zero-order valence-electron chi connectivity index (χ0n) is 30.1. The second-order valence-electron chi connectivity index (χ2n) is 14.4. The van der Waals surface area contributed by atoms with E-state index in [9.17, 15) is 25.5 Å². The van der Waals surface area contributed by atoms with Gasteiger partial charge in [-0.25, -0.2) is 4.98 Å². The Hall–Kier alpha value is -4.33. The molecule has 0 bridgehead atoms. The van der Waals surface area contributed by atoms with E-state index in [0.29, 0.717) is 50.3 Å². The molecule has 5 rings (SSSR count). The molecular formula is C43H54N3O6-. The van der Waals surface area contributed by atoms with Gasteiger partial charge in [-0.3, -0.25) is 0 Å². The Labute approximate surface area is 307 Å². The average Bonchev–Trinajstić information content (AvgIpc) is 3.67. The number of nitrogens with two attached hydrogens (primary N) is 1. The number of aliphatic hydroxyl groups excluding tert-OH is 4. The smallest absolute Gasteiger partial charge is 0.161 e. The molecule has 9 heteroatoms. The van der Waals surface area contributed by atoms with Crippen LogP contribution < -0.4 is 15.5 Å². The molecule has 0 aliphatic heterocycles. The number of nitrogens with zero attached hydrogens (tertiary/aromatic N) is 2. The first-order valence-corrected chi connectivity index (χ1v) is 18.6. The Bertz CT molecular complexity index is 1700. The van der Waals surface area contributed by atoms with Crippen LogP contribution in [0.15, 0.2) is 85.2 Å². The van der Waals surface area contributed by atoms with E-state index in [-0.39, 0.29) is 29.3 Å². The minimum absolute atomic E-state index is 0.101. The van der Waals surface area contributed by atoms with Crippen molar-refractivity contribution in [1.29, 1.82) is 0 Å². The maximum atomic E-state index is 11.4. The second kappa shape index (κ2) is 19.5. The van der Waals surface area contributed by atoms with Gasteiger partial charge in [0.2, 0.25) is 0 Å². The van der Waals surface area contributed by atoms with E-state index < -0.39 is 31.0 Å². The molecule has 278 valence electrons. The summed E-state index contributed by atoms with van der Waals surface area (Å²) in [4.78, 5) is 8.53. The van der Waals surface area contributed by atoms with Crippen LogP contribution in [0.5, 0.6) is 11.5 Å². The van der Waals surface area contributed by atoms with Crippen LogP contribution in [-0.2, 0) is 19.3 Å². The summed E-state index contributed by atoms with van der Waals surface area (Å²) in [6.07, 6.45) is 6.45. The molecule has 4 aromatic rings. The van der Waals surface area contributed by atoms with Gasteiger partial charge in [0.05, 0.1) is 18.8 Å². The summed E-state index contributed by atoms with van der Waals surface area (Å²) in [5.74, 6) is 7.41. The Morgan fingerprint density at radius 2 is 1.79 bits per heavy atom. The van der Waals surface area contributed by atoms with Gasteiger partial charge in [0.15, 0.2) is 11.5 Å². The molecule has 2 aromatic carbocycles. The third-order valence-corrected chi connectivity index (χ3v) is 10.5. The topological polar surface area (TPSA) is 163 Å². The fraction of sp³-hybridized carbons (Fsp3) is 0.465. The number of rotatable bonds is 16. The molecule has 1 aliphatic rings. The first kappa shape index (κ1) is 38.9. The number of nitrogen functional groups attached to an aromatic ring is 1. The molecule has 0 radical (unpaired) electrons. The van der Waals surface area contributed by atoms with Gasteiger partial charge >= 0.3 is 0 Å². The number of aromatic nitrogens is 2. The number of aryl methyl sites for hydroxylation is 1. The number of hydrogen-bond donors (Lipinski definition) is 6. The van der Waals surface area contributed by atoms with E-state index in [1.165, 1.54) is 11.6 Å². The third-order valence-electron chi connectivity index (χ3n) is 10.5. The highest BCUT2D eigenvalue weighted by Crippen LogP contribution is 2.34. The lowest BCUT2D eigenvalue weighted by Gasteiger charge is -2.29. The maximum absolute atomic E-state index is 11.4. The van der Waals surface area contributed by atoms with E-state index in [1.54, 1.807) is 30.6 Å². The van der Waals surface area contributed by atoms with Crippen LogP contribution in [0.25, 0.3) is 0 Å². The molecule has 2 aromatic heterocycles. The molecule has 0 spiro atoms. The second-order valence-corrected chi connectivity index (χ2v) is 14.4. The zero-order chi connectivity index (χ0) is 36.9. The Balaban J connectivity index is 1.25. The normalized spacial score (nSPS) is 20.8. The van der Waals surface area contributed by atoms with Gasteiger partial charge in [0.1, 0.15) is 18.0 Å². The van der Waals surface area contributed by atoms with Gasteiger partial charge in [0.25, 0.3) is 0 Å². The van der Waals surface area contributed by atoms with Gasteiger partial charge in [-0.05, 0) is 97.7 Å². The summed E-state index contributed by atoms with van der Waals surface area (Å²) in [6.45, 7) is 1.73. The van der Waals surface area contributed by atoms with Gasteiger partial charge in [0, 0.05) is 24.5 Å².